The van der Waals surface area contributed by atoms with Crippen molar-refractivity contribution in [3.05, 3.63) is 53.7 Å². The van der Waals surface area contributed by atoms with Crippen molar-refractivity contribution < 1.29 is 4.79 Å². The average Bonchev–Trinajstić information content (AvgIpc) is 2.70. The molecule has 1 aliphatic heterocycles. The van der Waals surface area contributed by atoms with Gasteiger partial charge < -0.3 is 10.2 Å². The van der Waals surface area contributed by atoms with Crippen molar-refractivity contribution in [2.24, 2.45) is 0 Å². The highest BCUT2D eigenvalue weighted by Gasteiger charge is 2.12. The fourth-order valence-corrected chi connectivity index (χ4v) is 3.58. The van der Waals surface area contributed by atoms with Gasteiger partial charge in [-0.2, -0.15) is 0 Å². The molecule has 27 heavy (non-hydrogen) atoms. The molecule has 1 fully saturated rings. The molecule has 1 N–H and O–H groups in total. The van der Waals surface area contributed by atoms with Gasteiger partial charge in [-0.15, -0.1) is 0 Å². The fraction of sp³-hybridized carbons (Fsp3) is 0.455. The summed E-state index contributed by atoms with van der Waals surface area (Å²) in [6.07, 6.45) is 5.56. The quantitative estimate of drug-likeness (QED) is 0.799. The lowest BCUT2D eigenvalue weighted by Gasteiger charge is -2.26. The number of rotatable bonds is 7. The van der Waals surface area contributed by atoms with E-state index in [-0.39, 0.29) is 5.91 Å². The molecule has 0 aliphatic carbocycles. The smallest absolute Gasteiger partial charge is 0.257 e. The van der Waals surface area contributed by atoms with Gasteiger partial charge in [0.2, 0.25) is 0 Å². The summed E-state index contributed by atoms with van der Waals surface area (Å²) in [4.78, 5) is 21.6. The Hall–Kier alpha value is -2.40. The summed E-state index contributed by atoms with van der Waals surface area (Å²) in [6, 6.07) is 11.9. The lowest BCUT2D eigenvalue weighted by Crippen LogP contribution is -2.29. The van der Waals surface area contributed by atoms with Gasteiger partial charge >= 0.3 is 0 Å². The number of benzene rings is 1. The van der Waals surface area contributed by atoms with Crippen molar-refractivity contribution in [1.82, 2.24) is 9.88 Å². The number of piperidine rings is 1. The third kappa shape index (κ3) is 5.30. The SMILES string of the molecule is CCN(CC)c1ccc(C(=O)Nc2cccc(CN3CCCCC3)c2)cn1. The second-order valence-corrected chi connectivity index (χ2v) is 7.07. The molecule has 0 bridgehead atoms. The van der Waals surface area contributed by atoms with Crippen LogP contribution in [-0.4, -0.2) is 42.0 Å². The number of aromatic nitrogens is 1. The van der Waals surface area contributed by atoms with E-state index in [1.165, 1.54) is 37.9 Å². The summed E-state index contributed by atoms with van der Waals surface area (Å²) in [6.45, 7) is 9.29. The van der Waals surface area contributed by atoms with E-state index in [0.717, 1.165) is 31.1 Å². The van der Waals surface area contributed by atoms with Gasteiger partial charge in [-0.05, 0) is 69.6 Å². The average molecular weight is 367 g/mol. The second-order valence-electron chi connectivity index (χ2n) is 7.07. The van der Waals surface area contributed by atoms with Crippen molar-refractivity contribution in [3.63, 3.8) is 0 Å². The molecule has 0 radical (unpaired) electrons. The third-order valence-electron chi connectivity index (χ3n) is 5.14. The molecule has 0 saturated carbocycles. The van der Waals surface area contributed by atoms with E-state index < -0.39 is 0 Å². The monoisotopic (exact) mass is 366 g/mol. The van der Waals surface area contributed by atoms with Crippen LogP contribution in [0, 0.1) is 0 Å². The summed E-state index contributed by atoms with van der Waals surface area (Å²) < 4.78 is 0. The third-order valence-corrected chi connectivity index (χ3v) is 5.14. The van der Waals surface area contributed by atoms with Gasteiger partial charge in [-0.1, -0.05) is 18.6 Å². The van der Waals surface area contributed by atoms with Gasteiger partial charge in [0.1, 0.15) is 5.82 Å². The van der Waals surface area contributed by atoms with Crippen molar-refractivity contribution in [1.29, 1.82) is 0 Å². The van der Waals surface area contributed by atoms with E-state index in [4.69, 9.17) is 0 Å². The molecule has 5 nitrogen and oxygen atoms in total. The summed E-state index contributed by atoms with van der Waals surface area (Å²) in [5, 5.41) is 3.00. The first-order chi connectivity index (χ1) is 13.2. The van der Waals surface area contributed by atoms with Crippen LogP contribution in [0.25, 0.3) is 0 Å². The maximum Gasteiger partial charge on any atom is 0.257 e. The Morgan fingerprint density at radius 3 is 2.56 bits per heavy atom. The van der Waals surface area contributed by atoms with Crippen molar-refractivity contribution in [2.75, 3.05) is 36.4 Å². The first-order valence-electron chi connectivity index (χ1n) is 10.0. The van der Waals surface area contributed by atoms with Crippen LogP contribution in [0.15, 0.2) is 42.6 Å². The zero-order valence-electron chi connectivity index (χ0n) is 16.4. The predicted molar refractivity (Wildman–Crippen MR) is 111 cm³/mol. The number of pyridine rings is 1. The number of likely N-dealkylation sites (tertiary alicyclic amines) is 1. The van der Waals surface area contributed by atoms with Crippen LogP contribution in [0.5, 0.6) is 0 Å². The van der Waals surface area contributed by atoms with Crippen LogP contribution >= 0.6 is 0 Å². The number of amides is 1. The molecular formula is C22H30N4O. The highest BCUT2D eigenvalue weighted by atomic mass is 16.1. The minimum absolute atomic E-state index is 0.122. The molecule has 144 valence electrons. The normalized spacial score (nSPS) is 14.7. The van der Waals surface area contributed by atoms with Gasteiger partial charge in [0.05, 0.1) is 5.56 Å². The molecule has 0 atom stereocenters. The van der Waals surface area contributed by atoms with Crippen LogP contribution in [0.3, 0.4) is 0 Å². The van der Waals surface area contributed by atoms with Gasteiger partial charge in [0, 0.05) is 31.5 Å². The van der Waals surface area contributed by atoms with Crippen LogP contribution in [0.4, 0.5) is 11.5 Å². The molecule has 2 aromatic rings. The maximum absolute atomic E-state index is 12.6. The molecule has 1 amide bonds. The summed E-state index contributed by atoms with van der Waals surface area (Å²) in [5.74, 6) is 0.781. The first-order valence-corrected chi connectivity index (χ1v) is 10.0. The molecular weight excluding hydrogens is 336 g/mol. The lowest BCUT2D eigenvalue weighted by atomic mass is 10.1. The molecule has 1 aromatic heterocycles. The van der Waals surface area contributed by atoms with Crippen LogP contribution in [0.1, 0.15) is 49.0 Å². The standard InChI is InChI=1S/C22H30N4O/c1-3-26(4-2)21-12-11-19(16-23-21)22(27)24-20-10-8-9-18(15-20)17-25-13-6-5-7-14-25/h8-12,15-16H,3-7,13-14,17H2,1-2H3,(H,24,27). The zero-order chi connectivity index (χ0) is 19.1. The van der Waals surface area contributed by atoms with E-state index in [9.17, 15) is 4.79 Å². The number of carbonyl (C=O) groups is 1. The number of hydrogen-bond donors (Lipinski definition) is 1. The van der Waals surface area contributed by atoms with Crippen molar-refractivity contribution >= 4 is 17.4 Å². The molecule has 0 spiro atoms. The molecule has 1 aromatic carbocycles. The predicted octanol–water partition coefficient (Wildman–Crippen LogP) is 4.17. The summed E-state index contributed by atoms with van der Waals surface area (Å²) >= 11 is 0. The number of hydrogen-bond acceptors (Lipinski definition) is 4. The Kier molecular flexibility index (Phi) is 6.82. The van der Waals surface area contributed by atoms with E-state index in [1.807, 2.05) is 24.3 Å². The highest BCUT2D eigenvalue weighted by Crippen LogP contribution is 2.17. The van der Waals surface area contributed by atoms with Crippen LogP contribution in [-0.2, 0) is 6.54 Å². The minimum Gasteiger partial charge on any atom is -0.357 e. The molecule has 1 aliphatic rings. The Labute approximate surface area is 162 Å². The molecule has 1 saturated heterocycles. The lowest BCUT2D eigenvalue weighted by molar-refractivity contribution is 0.102. The number of carbonyl (C=O) groups excluding carboxylic acids is 1. The minimum atomic E-state index is -0.122. The van der Waals surface area contributed by atoms with E-state index in [1.54, 1.807) is 6.20 Å². The Balaban J connectivity index is 1.62. The number of nitrogens with one attached hydrogen (secondary N) is 1. The Morgan fingerprint density at radius 2 is 1.89 bits per heavy atom. The van der Waals surface area contributed by atoms with Crippen LogP contribution in [0.2, 0.25) is 0 Å². The molecule has 3 rings (SSSR count). The van der Waals surface area contributed by atoms with E-state index >= 15 is 0 Å². The topological polar surface area (TPSA) is 48.5 Å². The van der Waals surface area contributed by atoms with Crippen molar-refractivity contribution in [3.8, 4) is 0 Å². The van der Waals surface area contributed by atoms with Crippen molar-refractivity contribution in [2.45, 2.75) is 39.7 Å². The zero-order valence-corrected chi connectivity index (χ0v) is 16.4. The number of anilines is 2. The number of nitrogens with zero attached hydrogens (tertiary/aromatic N) is 3. The van der Waals surface area contributed by atoms with Gasteiger partial charge in [-0.25, -0.2) is 4.98 Å². The van der Waals surface area contributed by atoms with Gasteiger partial charge in [0.25, 0.3) is 5.91 Å². The summed E-state index contributed by atoms with van der Waals surface area (Å²) in [5.41, 5.74) is 2.65. The Bertz CT molecular complexity index is 734. The van der Waals surface area contributed by atoms with Gasteiger partial charge in [-0.3, -0.25) is 9.69 Å². The van der Waals surface area contributed by atoms with E-state index in [0.29, 0.717) is 5.56 Å². The first kappa shape index (κ1) is 19.4. The second kappa shape index (κ2) is 9.51. The summed E-state index contributed by atoms with van der Waals surface area (Å²) in [7, 11) is 0. The molecule has 2 heterocycles. The van der Waals surface area contributed by atoms with Gasteiger partial charge in [0.15, 0.2) is 0 Å². The maximum atomic E-state index is 12.6. The molecule has 5 heteroatoms. The van der Waals surface area contributed by atoms with E-state index in [2.05, 4.69) is 46.1 Å². The fourth-order valence-electron chi connectivity index (χ4n) is 3.58. The Morgan fingerprint density at radius 1 is 1.11 bits per heavy atom. The molecule has 0 unspecified atom stereocenters. The van der Waals surface area contributed by atoms with Crippen LogP contribution < -0.4 is 10.2 Å². The highest BCUT2D eigenvalue weighted by molar-refractivity contribution is 6.04. The largest absolute Gasteiger partial charge is 0.357 e.